The number of carbonyl (C=O) groups is 2. The van der Waals surface area contributed by atoms with Crippen LogP contribution >= 0.6 is 0 Å². The number of methoxy groups -OCH3 is 1. The molecule has 1 aromatic rings. The minimum Gasteiger partial charge on any atom is -0.469 e. The lowest BCUT2D eigenvalue weighted by molar-refractivity contribution is -0.146. The number of benzene rings is 1. The molecular formula is C19H29NO5. The summed E-state index contributed by atoms with van der Waals surface area (Å²) in [6.07, 6.45) is 1.02. The van der Waals surface area contributed by atoms with Gasteiger partial charge in [-0.1, -0.05) is 36.8 Å². The largest absolute Gasteiger partial charge is 0.469 e. The van der Waals surface area contributed by atoms with Gasteiger partial charge in [0.15, 0.2) is 0 Å². The van der Waals surface area contributed by atoms with E-state index < -0.39 is 5.92 Å². The number of hydrogen-bond donors (Lipinski definition) is 1. The molecule has 0 saturated heterocycles. The van der Waals surface area contributed by atoms with Crippen molar-refractivity contribution in [2.24, 2.45) is 5.92 Å². The second-order valence-corrected chi connectivity index (χ2v) is 6.09. The monoisotopic (exact) mass is 351 g/mol. The topological polar surface area (TPSA) is 76.1 Å². The van der Waals surface area contributed by atoms with E-state index in [-0.39, 0.29) is 25.1 Å². The van der Waals surface area contributed by atoms with Crippen LogP contribution in [0, 0.1) is 12.8 Å². The first-order valence-electron chi connectivity index (χ1n) is 8.57. The Morgan fingerprint density at radius 3 is 2.48 bits per heavy atom. The van der Waals surface area contributed by atoms with Crippen LogP contribution in [-0.4, -0.2) is 61.9 Å². The van der Waals surface area contributed by atoms with Crippen LogP contribution in [0.1, 0.15) is 24.5 Å². The zero-order valence-corrected chi connectivity index (χ0v) is 15.4. The summed E-state index contributed by atoms with van der Waals surface area (Å²) in [6.45, 7) is 4.94. The van der Waals surface area contributed by atoms with E-state index in [1.54, 1.807) is 11.8 Å². The first-order valence-corrected chi connectivity index (χ1v) is 8.57. The Labute approximate surface area is 149 Å². The molecule has 1 unspecified atom stereocenters. The van der Waals surface area contributed by atoms with Crippen LogP contribution in [0.5, 0.6) is 0 Å². The zero-order valence-electron chi connectivity index (χ0n) is 15.4. The van der Waals surface area contributed by atoms with Crippen LogP contribution in [0.25, 0.3) is 0 Å². The van der Waals surface area contributed by atoms with Crippen LogP contribution in [0.3, 0.4) is 0 Å². The molecule has 0 heterocycles. The Hall–Kier alpha value is -1.92. The number of amides is 1. The molecule has 0 fully saturated rings. The number of aliphatic hydroxyl groups is 1. The summed E-state index contributed by atoms with van der Waals surface area (Å²) in [6, 6.07) is 8.10. The molecule has 0 aliphatic heterocycles. The van der Waals surface area contributed by atoms with Gasteiger partial charge in [0.2, 0.25) is 5.91 Å². The number of hydrogen-bond acceptors (Lipinski definition) is 5. The van der Waals surface area contributed by atoms with Gasteiger partial charge in [0, 0.05) is 19.5 Å². The van der Waals surface area contributed by atoms with E-state index in [0.717, 1.165) is 5.56 Å². The Morgan fingerprint density at radius 2 is 1.88 bits per heavy atom. The van der Waals surface area contributed by atoms with E-state index in [4.69, 9.17) is 14.6 Å². The Bertz CT molecular complexity index is 529. The minimum absolute atomic E-state index is 0.0241. The predicted molar refractivity (Wildman–Crippen MR) is 95.2 cm³/mol. The predicted octanol–water partition coefficient (Wildman–Crippen LogP) is 1.57. The molecule has 6 heteroatoms. The third-order valence-electron chi connectivity index (χ3n) is 3.94. The van der Waals surface area contributed by atoms with Crippen molar-refractivity contribution in [3.63, 3.8) is 0 Å². The number of rotatable bonds is 11. The number of ether oxygens (including phenoxy) is 2. The van der Waals surface area contributed by atoms with Crippen molar-refractivity contribution >= 4 is 11.9 Å². The van der Waals surface area contributed by atoms with Gasteiger partial charge in [-0.25, -0.2) is 0 Å². The first kappa shape index (κ1) is 21.1. The quantitative estimate of drug-likeness (QED) is 0.484. The SMILES string of the molecule is COC(=O)C(C)CN(CCOCCO)C(=O)CCc1ccc(C)cc1. The van der Waals surface area contributed by atoms with Crippen molar-refractivity contribution < 1.29 is 24.2 Å². The molecule has 0 aromatic heterocycles. The lowest BCUT2D eigenvalue weighted by Gasteiger charge is -2.25. The molecule has 140 valence electrons. The van der Waals surface area contributed by atoms with Gasteiger partial charge in [-0.05, 0) is 18.9 Å². The van der Waals surface area contributed by atoms with E-state index in [2.05, 4.69) is 0 Å². The van der Waals surface area contributed by atoms with E-state index in [1.807, 2.05) is 31.2 Å². The van der Waals surface area contributed by atoms with Crippen LogP contribution in [0.15, 0.2) is 24.3 Å². The molecule has 0 aliphatic carbocycles. The summed E-state index contributed by atoms with van der Waals surface area (Å²) in [4.78, 5) is 25.8. The maximum absolute atomic E-state index is 12.6. The van der Waals surface area contributed by atoms with Crippen LogP contribution in [-0.2, 0) is 25.5 Å². The summed E-state index contributed by atoms with van der Waals surface area (Å²) in [5.41, 5.74) is 2.29. The highest BCUT2D eigenvalue weighted by Crippen LogP contribution is 2.09. The molecule has 0 saturated carbocycles. The molecule has 1 aromatic carbocycles. The zero-order chi connectivity index (χ0) is 18.7. The fraction of sp³-hybridized carbons (Fsp3) is 0.579. The molecule has 1 rings (SSSR count). The van der Waals surface area contributed by atoms with Gasteiger partial charge in [0.05, 0.1) is 32.8 Å². The highest BCUT2D eigenvalue weighted by atomic mass is 16.5. The number of carbonyl (C=O) groups excluding carboxylic acids is 2. The highest BCUT2D eigenvalue weighted by Gasteiger charge is 2.21. The van der Waals surface area contributed by atoms with Crippen molar-refractivity contribution in [1.29, 1.82) is 0 Å². The summed E-state index contributed by atoms with van der Waals surface area (Å²) < 4.78 is 9.98. The molecule has 6 nitrogen and oxygen atoms in total. The number of nitrogens with zero attached hydrogens (tertiary/aromatic N) is 1. The maximum atomic E-state index is 12.6. The Morgan fingerprint density at radius 1 is 1.20 bits per heavy atom. The number of aliphatic hydroxyl groups excluding tert-OH is 1. The molecular weight excluding hydrogens is 322 g/mol. The number of esters is 1. The molecule has 0 radical (unpaired) electrons. The summed E-state index contributed by atoms with van der Waals surface area (Å²) in [5, 5.41) is 8.75. The molecule has 1 amide bonds. The second-order valence-electron chi connectivity index (χ2n) is 6.09. The fourth-order valence-corrected chi connectivity index (χ4v) is 2.43. The molecule has 0 spiro atoms. The Balaban J connectivity index is 2.59. The fourth-order valence-electron chi connectivity index (χ4n) is 2.43. The molecule has 0 bridgehead atoms. The molecule has 1 atom stereocenters. The van der Waals surface area contributed by atoms with Gasteiger partial charge in [0.1, 0.15) is 0 Å². The normalized spacial score (nSPS) is 11.8. The van der Waals surface area contributed by atoms with E-state index >= 15 is 0 Å². The van der Waals surface area contributed by atoms with Gasteiger partial charge in [-0.2, -0.15) is 0 Å². The van der Waals surface area contributed by atoms with Crippen LogP contribution in [0.2, 0.25) is 0 Å². The number of aryl methyl sites for hydroxylation is 2. The molecule has 0 aliphatic rings. The van der Waals surface area contributed by atoms with E-state index in [9.17, 15) is 9.59 Å². The third-order valence-corrected chi connectivity index (χ3v) is 3.94. The summed E-state index contributed by atoms with van der Waals surface area (Å²) in [5.74, 6) is -0.761. The van der Waals surface area contributed by atoms with Gasteiger partial charge in [-0.3, -0.25) is 9.59 Å². The molecule has 1 N–H and O–H groups in total. The van der Waals surface area contributed by atoms with Gasteiger partial charge in [-0.15, -0.1) is 0 Å². The Kier molecular flexibility index (Phi) is 9.80. The average molecular weight is 351 g/mol. The summed E-state index contributed by atoms with van der Waals surface area (Å²) in [7, 11) is 1.34. The van der Waals surface area contributed by atoms with Gasteiger partial charge >= 0.3 is 5.97 Å². The third kappa shape index (κ3) is 8.14. The lowest BCUT2D eigenvalue weighted by Crippen LogP contribution is -2.39. The smallest absolute Gasteiger partial charge is 0.310 e. The lowest BCUT2D eigenvalue weighted by atomic mass is 10.1. The van der Waals surface area contributed by atoms with E-state index in [0.29, 0.717) is 32.5 Å². The van der Waals surface area contributed by atoms with Gasteiger partial charge < -0.3 is 19.5 Å². The van der Waals surface area contributed by atoms with Crippen molar-refractivity contribution in [3.05, 3.63) is 35.4 Å². The van der Waals surface area contributed by atoms with Crippen molar-refractivity contribution in [2.75, 3.05) is 40.0 Å². The highest BCUT2D eigenvalue weighted by molar-refractivity contribution is 5.78. The average Bonchev–Trinajstić information content (AvgIpc) is 2.62. The maximum Gasteiger partial charge on any atom is 0.310 e. The standard InChI is InChI=1S/C19H29NO5/c1-15-4-6-17(7-5-15)8-9-18(22)20(10-12-25-13-11-21)14-16(2)19(23)24-3/h4-7,16,21H,8-14H2,1-3H3. The van der Waals surface area contributed by atoms with Gasteiger partial charge in [0.25, 0.3) is 0 Å². The van der Waals surface area contributed by atoms with Crippen molar-refractivity contribution in [2.45, 2.75) is 26.7 Å². The molecule has 25 heavy (non-hydrogen) atoms. The van der Waals surface area contributed by atoms with E-state index in [1.165, 1.54) is 12.7 Å². The van der Waals surface area contributed by atoms with Crippen LogP contribution in [0.4, 0.5) is 0 Å². The second kappa shape index (κ2) is 11.6. The van der Waals surface area contributed by atoms with Crippen LogP contribution < -0.4 is 0 Å². The van der Waals surface area contributed by atoms with Crippen molar-refractivity contribution in [3.8, 4) is 0 Å². The van der Waals surface area contributed by atoms with Crippen molar-refractivity contribution in [1.82, 2.24) is 4.90 Å². The minimum atomic E-state index is -0.397. The summed E-state index contributed by atoms with van der Waals surface area (Å²) >= 11 is 0. The first-order chi connectivity index (χ1) is 12.0.